The van der Waals surface area contributed by atoms with Gasteiger partial charge in [0.25, 0.3) is 0 Å². The van der Waals surface area contributed by atoms with Crippen LogP contribution in [-0.4, -0.2) is 60.0 Å². The second kappa shape index (κ2) is 9.77. The van der Waals surface area contributed by atoms with Gasteiger partial charge in [-0.3, -0.25) is 0 Å². The summed E-state index contributed by atoms with van der Waals surface area (Å²) in [5.41, 5.74) is 2.37. The summed E-state index contributed by atoms with van der Waals surface area (Å²) in [4.78, 5) is 1.40. The molecule has 7 heteroatoms. The molecular weight excluding hydrogens is 390 g/mol. The predicted octanol–water partition coefficient (Wildman–Crippen LogP) is 0.344. The van der Waals surface area contributed by atoms with E-state index in [1.807, 2.05) is 4.68 Å². The molecule has 3 N–H and O–H groups in total. The molecule has 3 aliphatic rings. The van der Waals surface area contributed by atoms with E-state index >= 15 is 0 Å². The van der Waals surface area contributed by atoms with Crippen molar-refractivity contribution in [2.24, 2.45) is 5.92 Å². The van der Waals surface area contributed by atoms with Crippen LogP contribution in [-0.2, 0) is 22.6 Å². The molecule has 0 amide bonds. The van der Waals surface area contributed by atoms with Gasteiger partial charge in [-0.25, -0.2) is 4.68 Å². The minimum absolute atomic E-state index is 0.0940. The molecule has 5 atom stereocenters. The number of fused-ring (bicyclic) bond motifs is 1. The Bertz CT molecular complexity index is 822. The molecule has 1 aromatic heterocycles. The molecule has 31 heavy (non-hydrogen) atoms. The molecule has 3 fully saturated rings. The number of aromatic nitrogens is 3. The van der Waals surface area contributed by atoms with Gasteiger partial charge in [0.1, 0.15) is 49.7 Å². The van der Waals surface area contributed by atoms with Crippen molar-refractivity contribution >= 4 is 0 Å². The number of rotatable bonds is 8. The third kappa shape index (κ3) is 5.00. The zero-order valence-electron chi connectivity index (χ0n) is 18.7. The summed E-state index contributed by atoms with van der Waals surface area (Å²) >= 11 is 0. The largest absolute Gasteiger partial charge is 0.367 e. The lowest BCUT2D eigenvalue weighted by molar-refractivity contribution is -0.908. The van der Waals surface area contributed by atoms with Crippen molar-refractivity contribution in [2.45, 2.75) is 69.5 Å². The van der Waals surface area contributed by atoms with Crippen LogP contribution in [0.2, 0.25) is 0 Å². The maximum absolute atomic E-state index is 6.22. The highest BCUT2D eigenvalue weighted by Crippen LogP contribution is 2.33. The Morgan fingerprint density at radius 3 is 2.68 bits per heavy atom. The zero-order chi connectivity index (χ0) is 21.0. The van der Waals surface area contributed by atoms with Gasteiger partial charge in [-0.2, -0.15) is 0 Å². The van der Waals surface area contributed by atoms with Gasteiger partial charge in [-0.15, -0.1) is 5.10 Å². The predicted molar refractivity (Wildman–Crippen MR) is 116 cm³/mol. The van der Waals surface area contributed by atoms with Crippen LogP contribution >= 0.6 is 0 Å². The highest BCUT2D eigenvalue weighted by Gasteiger charge is 2.51. The molecule has 1 unspecified atom stereocenters. The number of ether oxygens (including phenoxy) is 2. The van der Waals surface area contributed by atoms with E-state index in [-0.39, 0.29) is 18.2 Å². The van der Waals surface area contributed by atoms with Gasteiger partial charge in [0.15, 0.2) is 0 Å². The molecule has 0 spiro atoms. The van der Waals surface area contributed by atoms with Gasteiger partial charge in [0, 0.05) is 11.5 Å². The highest BCUT2D eigenvalue weighted by molar-refractivity contribution is 5.13. The van der Waals surface area contributed by atoms with Gasteiger partial charge in [-0.05, 0) is 12.8 Å². The fraction of sp³-hybridized carbons (Fsp3) is 0.667. The topological polar surface area (TPSA) is 70.2 Å². The molecule has 1 saturated carbocycles. The number of nitrogens with two attached hydrogens (primary N) is 1. The van der Waals surface area contributed by atoms with E-state index in [0.717, 1.165) is 31.3 Å². The normalized spacial score (nSPS) is 29.8. The van der Waals surface area contributed by atoms with Gasteiger partial charge in [0.05, 0.1) is 26.4 Å². The maximum atomic E-state index is 6.22. The van der Waals surface area contributed by atoms with Crippen LogP contribution in [0.15, 0.2) is 36.5 Å². The lowest BCUT2D eigenvalue weighted by Crippen LogP contribution is -3.06. The number of hydrogen-bond acceptors (Lipinski definition) is 4. The second-order valence-corrected chi connectivity index (χ2v) is 9.79. The van der Waals surface area contributed by atoms with E-state index in [1.165, 1.54) is 49.1 Å². The van der Waals surface area contributed by atoms with Crippen LogP contribution in [0.3, 0.4) is 0 Å². The highest BCUT2D eigenvalue weighted by atomic mass is 16.6. The molecule has 168 valence electrons. The average Bonchev–Trinajstić information content (AvgIpc) is 3.51. The number of hydrogen-bond donors (Lipinski definition) is 2. The van der Waals surface area contributed by atoms with Crippen LogP contribution in [0.5, 0.6) is 0 Å². The fourth-order valence-corrected chi connectivity index (χ4v) is 5.60. The smallest absolute Gasteiger partial charge is 0.140 e. The van der Waals surface area contributed by atoms with Crippen molar-refractivity contribution < 1.29 is 19.7 Å². The van der Waals surface area contributed by atoms with Crippen LogP contribution in [0.1, 0.15) is 49.4 Å². The third-order valence-electron chi connectivity index (χ3n) is 7.29. The number of benzene rings is 1. The van der Waals surface area contributed by atoms with Gasteiger partial charge < -0.3 is 19.7 Å². The van der Waals surface area contributed by atoms with Crippen molar-refractivity contribution in [2.75, 3.05) is 26.8 Å². The van der Waals surface area contributed by atoms with Crippen LogP contribution in [0.4, 0.5) is 0 Å². The maximum Gasteiger partial charge on any atom is 0.140 e. The second-order valence-electron chi connectivity index (χ2n) is 9.79. The average molecular weight is 428 g/mol. The minimum atomic E-state index is 0.0940. The summed E-state index contributed by atoms with van der Waals surface area (Å²) in [6.07, 6.45) is 9.37. The van der Waals surface area contributed by atoms with Crippen molar-refractivity contribution in [3.05, 3.63) is 47.8 Å². The van der Waals surface area contributed by atoms with E-state index in [1.54, 1.807) is 0 Å². The fourth-order valence-electron chi connectivity index (χ4n) is 5.60. The van der Waals surface area contributed by atoms with E-state index in [9.17, 15) is 0 Å². The van der Waals surface area contributed by atoms with E-state index in [2.05, 4.69) is 59.2 Å². The van der Waals surface area contributed by atoms with Gasteiger partial charge in [0.2, 0.25) is 0 Å². The van der Waals surface area contributed by atoms with Crippen molar-refractivity contribution in [1.29, 1.82) is 0 Å². The lowest BCUT2D eigenvalue weighted by Gasteiger charge is -2.22. The Kier molecular flexibility index (Phi) is 6.64. The monoisotopic (exact) mass is 427 g/mol. The molecule has 2 aliphatic heterocycles. The van der Waals surface area contributed by atoms with Gasteiger partial charge in [-0.1, -0.05) is 54.8 Å². The van der Waals surface area contributed by atoms with Crippen molar-refractivity contribution in [3.8, 4) is 0 Å². The number of quaternary nitrogens is 2. The molecule has 7 nitrogen and oxygen atoms in total. The Morgan fingerprint density at radius 2 is 1.84 bits per heavy atom. The van der Waals surface area contributed by atoms with Crippen LogP contribution in [0.25, 0.3) is 0 Å². The zero-order valence-corrected chi connectivity index (χ0v) is 18.7. The molecular formula is C24H37N5O2+2. The quantitative estimate of drug-likeness (QED) is 0.638. The van der Waals surface area contributed by atoms with E-state index in [4.69, 9.17) is 9.47 Å². The summed E-state index contributed by atoms with van der Waals surface area (Å²) in [7, 11) is 2.20. The standard InChI is InChI=1S/C24H35N5O2/c1-28(13-19-10-6-3-7-11-19)14-20-15-29(27-26-20)22-17-31-23-21(16-30-24(22)23)25-12-18-8-4-2-5-9-18/h3,6-7,10-11,15,18,21-25H,2,4-5,8-9,12-14,16-17H2,1H3/p+2/t21-,22-,23+,24+/m0/s1. The number of nitrogens with zero attached hydrogens (tertiary/aromatic N) is 3. The molecule has 3 heterocycles. The molecule has 0 radical (unpaired) electrons. The molecule has 0 bridgehead atoms. The summed E-state index contributed by atoms with van der Waals surface area (Å²) in [5.74, 6) is 0.873. The first kappa shape index (κ1) is 21.1. The first-order valence-corrected chi connectivity index (χ1v) is 12.1. The molecule has 2 saturated heterocycles. The Hall–Kier alpha value is -1.80. The SMILES string of the molecule is C[NH+](Cc1ccccc1)Cc1cn([C@H]2CO[C@H]3[C@@H]2OC[C@@H]3[NH2+]CC2CCCCC2)nn1. The van der Waals surface area contributed by atoms with Gasteiger partial charge >= 0.3 is 0 Å². The Labute approximate surface area is 185 Å². The summed E-state index contributed by atoms with van der Waals surface area (Å²) in [5, 5.41) is 11.4. The van der Waals surface area contributed by atoms with Crippen LogP contribution < -0.4 is 10.2 Å². The molecule has 1 aliphatic carbocycles. The lowest BCUT2D eigenvalue weighted by atomic mass is 9.89. The first-order chi connectivity index (χ1) is 15.3. The van der Waals surface area contributed by atoms with E-state index in [0.29, 0.717) is 12.6 Å². The van der Waals surface area contributed by atoms with Crippen LogP contribution in [0, 0.1) is 5.92 Å². The summed E-state index contributed by atoms with van der Waals surface area (Å²) < 4.78 is 14.4. The van der Waals surface area contributed by atoms with E-state index < -0.39 is 0 Å². The summed E-state index contributed by atoms with van der Waals surface area (Å²) in [6, 6.07) is 11.2. The first-order valence-electron chi connectivity index (χ1n) is 12.1. The third-order valence-corrected chi connectivity index (χ3v) is 7.29. The van der Waals surface area contributed by atoms with Crippen molar-refractivity contribution in [3.63, 3.8) is 0 Å². The molecule has 5 rings (SSSR count). The minimum Gasteiger partial charge on any atom is -0.367 e. The Morgan fingerprint density at radius 1 is 1.03 bits per heavy atom. The Balaban J connectivity index is 1.13. The molecule has 2 aromatic rings. The number of nitrogens with one attached hydrogen (secondary N) is 1. The van der Waals surface area contributed by atoms with Crippen molar-refractivity contribution in [1.82, 2.24) is 15.0 Å². The molecule has 1 aromatic carbocycles. The summed E-state index contributed by atoms with van der Waals surface area (Å²) in [6.45, 7) is 4.50.